The first kappa shape index (κ1) is 15.0. The van der Waals surface area contributed by atoms with E-state index in [1.807, 2.05) is 42.6 Å². The summed E-state index contributed by atoms with van der Waals surface area (Å²) in [6, 6.07) is 18.5. The first-order valence-corrected chi connectivity index (χ1v) is 8.73. The van der Waals surface area contributed by atoms with E-state index in [2.05, 4.69) is 33.1 Å². The molecule has 126 valence electrons. The van der Waals surface area contributed by atoms with Gasteiger partial charge in [0.2, 0.25) is 5.95 Å². The number of benzene rings is 2. The highest BCUT2D eigenvalue weighted by atomic mass is 15.3. The second kappa shape index (κ2) is 6.19. The molecule has 1 aliphatic rings. The van der Waals surface area contributed by atoms with Gasteiger partial charge in [-0.1, -0.05) is 48.5 Å². The lowest BCUT2D eigenvalue weighted by molar-refractivity contribution is 0.685. The van der Waals surface area contributed by atoms with E-state index in [4.69, 9.17) is 9.97 Å². The van der Waals surface area contributed by atoms with E-state index in [0.29, 0.717) is 6.54 Å². The van der Waals surface area contributed by atoms with Crippen LogP contribution in [0.2, 0.25) is 0 Å². The zero-order chi connectivity index (χ0) is 17.3. The van der Waals surface area contributed by atoms with Crippen molar-refractivity contribution < 1.29 is 0 Å². The lowest BCUT2D eigenvalue weighted by atomic mass is 10.1. The van der Waals surface area contributed by atoms with Gasteiger partial charge in [-0.15, -0.1) is 0 Å². The molecule has 3 heterocycles. The molecular formula is C21H17N5. The first-order chi connectivity index (χ1) is 12.9. The molecular weight excluding hydrogens is 322 g/mol. The lowest BCUT2D eigenvalue weighted by Gasteiger charge is -2.28. The topological polar surface area (TPSA) is 54.8 Å². The Balaban J connectivity index is 1.63. The highest BCUT2D eigenvalue weighted by Gasteiger charge is 2.21. The largest absolute Gasteiger partial charge is 0.335 e. The van der Waals surface area contributed by atoms with Gasteiger partial charge in [-0.2, -0.15) is 0 Å². The minimum Gasteiger partial charge on any atom is -0.335 e. The maximum absolute atomic E-state index is 4.94. The average Bonchev–Trinajstić information content (AvgIpc) is 2.73. The Labute approximate surface area is 151 Å². The number of nitrogens with zero attached hydrogens (tertiary/aromatic N) is 5. The molecule has 0 N–H and O–H groups in total. The Morgan fingerprint density at radius 2 is 1.73 bits per heavy atom. The van der Waals surface area contributed by atoms with Gasteiger partial charge in [0, 0.05) is 23.7 Å². The van der Waals surface area contributed by atoms with Crippen molar-refractivity contribution >= 4 is 16.9 Å². The monoisotopic (exact) mass is 339 g/mol. The van der Waals surface area contributed by atoms with Crippen LogP contribution in [0.3, 0.4) is 0 Å². The SMILES string of the molecule is c1ccc(-c2nc(N3CCc4cncnc4C3)nc3ccccc23)cc1. The Hall–Kier alpha value is -3.34. The van der Waals surface area contributed by atoms with E-state index in [0.717, 1.165) is 46.8 Å². The van der Waals surface area contributed by atoms with Gasteiger partial charge < -0.3 is 4.90 Å². The van der Waals surface area contributed by atoms with Crippen molar-refractivity contribution in [3.05, 3.63) is 78.4 Å². The third-order valence-electron chi connectivity index (χ3n) is 4.79. The molecule has 0 aliphatic carbocycles. The Morgan fingerprint density at radius 3 is 2.65 bits per heavy atom. The second-order valence-corrected chi connectivity index (χ2v) is 6.42. The number of hydrogen-bond donors (Lipinski definition) is 0. The van der Waals surface area contributed by atoms with Crippen LogP contribution < -0.4 is 4.90 Å². The van der Waals surface area contributed by atoms with Crippen molar-refractivity contribution in [3.63, 3.8) is 0 Å². The van der Waals surface area contributed by atoms with E-state index in [1.165, 1.54) is 5.56 Å². The smallest absolute Gasteiger partial charge is 0.226 e. The summed E-state index contributed by atoms with van der Waals surface area (Å²) in [5.41, 5.74) is 5.31. The van der Waals surface area contributed by atoms with E-state index in [1.54, 1.807) is 6.33 Å². The van der Waals surface area contributed by atoms with Crippen molar-refractivity contribution in [3.8, 4) is 11.3 Å². The molecule has 0 unspecified atom stereocenters. The molecule has 0 saturated carbocycles. The van der Waals surface area contributed by atoms with Crippen LogP contribution >= 0.6 is 0 Å². The van der Waals surface area contributed by atoms with Crippen molar-refractivity contribution in [1.29, 1.82) is 0 Å². The van der Waals surface area contributed by atoms with Gasteiger partial charge in [0.25, 0.3) is 0 Å². The van der Waals surface area contributed by atoms with Gasteiger partial charge in [-0.05, 0) is 18.1 Å². The summed E-state index contributed by atoms with van der Waals surface area (Å²) >= 11 is 0. The number of aromatic nitrogens is 4. The van der Waals surface area contributed by atoms with Crippen LogP contribution in [0.4, 0.5) is 5.95 Å². The standard InChI is InChI=1S/C21H17N5/c1-2-6-15(7-3-1)20-17-8-4-5-9-18(17)24-21(25-20)26-11-10-16-12-22-14-23-19(16)13-26/h1-9,12,14H,10-11,13H2. The molecule has 0 atom stereocenters. The van der Waals surface area contributed by atoms with Crippen LogP contribution in [0, 0.1) is 0 Å². The van der Waals surface area contributed by atoms with Gasteiger partial charge in [-0.3, -0.25) is 0 Å². The van der Waals surface area contributed by atoms with E-state index in [-0.39, 0.29) is 0 Å². The molecule has 1 aliphatic heterocycles. The Bertz CT molecular complexity index is 1080. The molecule has 4 aromatic rings. The number of hydrogen-bond acceptors (Lipinski definition) is 5. The zero-order valence-corrected chi connectivity index (χ0v) is 14.2. The molecule has 0 saturated heterocycles. The number of anilines is 1. The summed E-state index contributed by atoms with van der Waals surface area (Å²) in [6.07, 6.45) is 4.43. The van der Waals surface area contributed by atoms with Crippen LogP contribution in [0.25, 0.3) is 22.2 Å². The fourth-order valence-corrected chi connectivity index (χ4v) is 3.44. The third kappa shape index (κ3) is 2.58. The molecule has 2 aromatic heterocycles. The minimum atomic E-state index is 0.713. The number of rotatable bonds is 2. The predicted octanol–water partition coefficient (Wildman–Crippen LogP) is 3.65. The van der Waals surface area contributed by atoms with Gasteiger partial charge >= 0.3 is 0 Å². The maximum atomic E-state index is 4.94. The predicted molar refractivity (Wildman–Crippen MR) is 102 cm³/mol. The Morgan fingerprint density at radius 1 is 0.885 bits per heavy atom. The van der Waals surface area contributed by atoms with Gasteiger partial charge in [-0.25, -0.2) is 19.9 Å². The summed E-state index contributed by atoms with van der Waals surface area (Å²) in [6.45, 7) is 1.58. The number of para-hydroxylation sites is 1. The van der Waals surface area contributed by atoms with Crippen molar-refractivity contribution in [1.82, 2.24) is 19.9 Å². The quantitative estimate of drug-likeness (QED) is 0.558. The molecule has 0 fully saturated rings. The average molecular weight is 339 g/mol. The fourth-order valence-electron chi connectivity index (χ4n) is 3.44. The summed E-state index contributed by atoms with van der Waals surface area (Å²) < 4.78 is 0. The van der Waals surface area contributed by atoms with Crippen molar-refractivity contribution in [2.75, 3.05) is 11.4 Å². The van der Waals surface area contributed by atoms with Crippen LogP contribution in [0.15, 0.2) is 67.1 Å². The summed E-state index contributed by atoms with van der Waals surface area (Å²) in [5.74, 6) is 0.756. The minimum absolute atomic E-state index is 0.713. The summed E-state index contributed by atoms with van der Waals surface area (Å²) in [7, 11) is 0. The highest BCUT2D eigenvalue weighted by Crippen LogP contribution is 2.29. The van der Waals surface area contributed by atoms with E-state index < -0.39 is 0 Å². The van der Waals surface area contributed by atoms with Crippen LogP contribution in [-0.4, -0.2) is 26.5 Å². The fraction of sp³-hybridized carbons (Fsp3) is 0.143. The molecule has 5 rings (SSSR count). The molecule has 0 amide bonds. The van der Waals surface area contributed by atoms with Crippen LogP contribution in [0.1, 0.15) is 11.3 Å². The molecule has 0 radical (unpaired) electrons. The van der Waals surface area contributed by atoms with Gasteiger partial charge in [0.15, 0.2) is 0 Å². The molecule has 26 heavy (non-hydrogen) atoms. The van der Waals surface area contributed by atoms with Crippen molar-refractivity contribution in [2.24, 2.45) is 0 Å². The van der Waals surface area contributed by atoms with Gasteiger partial charge in [0.1, 0.15) is 6.33 Å². The first-order valence-electron chi connectivity index (χ1n) is 8.73. The molecule has 5 heteroatoms. The summed E-state index contributed by atoms with van der Waals surface area (Å²) in [5, 5.41) is 1.07. The molecule has 0 spiro atoms. The third-order valence-corrected chi connectivity index (χ3v) is 4.79. The number of fused-ring (bicyclic) bond motifs is 2. The molecule has 5 nitrogen and oxygen atoms in total. The van der Waals surface area contributed by atoms with Crippen molar-refractivity contribution in [2.45, 2.75) is 13.0 Å². The van der Waals surface area contributed by atoms with Gasteiger partial charge in [0.05, 0.1) is 23.4 Å². The Kier molecular flexibility index (Phi) is 3.56. The molecule has 2 aromatic carbocycles. The van der Waals surface area contributed by atoms with E-state index >= 15 is 0 Å². The van der Waals surface area contributed by atoms with Crippen LogP contribution in [0.5, 0.6) is 0 Å². The lowest BCUT2D eigenvalue weighted by Crippen LogP contribution is -2.32. The molecule has 0 bridgehead atoms. The second-order valence-electron chi connectivity index (χ2n) is 6.42. The summed E-state index contributed by atoms with van der Waals surface area (Å²) in [4.78, 5) is 20.5. The zero-order valence-electron chi connectivity index (χ0n) is 14.2. The van der Waals surface area contributed by atoms with Crippen LogP contribution in [-0.2, 0) is 13.0 Å². The highest BCUT2D eigenvalue weighted by molar-refractivity contribution is 5.93. The van der Waals surface area contributed by atoms with E-state index in [9.17, 15) is 0 Å². The maximum Gasteiger partial charge on any atom is 0.226 e. The normalized spacial score (nSPS) is 13.6.